The molecule has 2 aliphatic rings. The second-order valence-corrected chi connectivity index (χ2v) is 5.16. The summed E-state index contributed by atoms with van der Waals surface area (Å²) >= 11 is 0. The number of carbonyl (C=O) groups is 3. The van der Waals surface area contributed by atoms with E-state index in [4.69, 9.17) is 0 Å². The van der Waals surface area contributed by atoms with Gasteiger partial charge in [0.2, 0.25) is 11.8 Å². The van der Waals surface area contributed by atoms with Gasteiger partial charge in [-0.3, -0.25) is 9.59 Å². The minimum atomic E-state index is -0.600. The molecule has 0 aromatic carbocycles. The van der Waals surface area contributed by atoms with Crippen LogP contribution in [0.4, 0.5) is 0 Å². The molecule has 2 fully saturated rings. The number of nitrogens with zero attached hydrogens (tertiary/aromatic N) is 1. The summed E-state index contributed by atoms with van der Waals surface area (Å²) < 4.78 is 4.60. The summed E-state index contributed by atoms with van der Waals surface area (Å²) in [5.41, 5.74) is 0. The maximum Gasteiger partial charge on any atom is 0.328 e. The Morgan fingerprint density at radius 3 is 2.63 bits per heavy atom. The molecule has 1 N–H and O–H groups in total. The molecule has 2 amide bonds. The van der Waals surface area contributed by atoms with Gasteiger partial charge in [-0.1, -0.05) is 0 Å². The van der Waals surface area contributed by atoms with E-state index in [1.807, 2.05) is 4.90 Å². The van der Waals surface area contributed by atoms with Gasteiger partial charge < -0.3 is 15.0 Å². The fourth-order valence-corrected chi connectivity index (χ4v) is 2.70. The number of carbonyl (C=O) groups excluding carboxylic acids is 3. The Morgan fingerprint density at radius 1 is 1.32 bits per heavy atom. The quantitative estimate of drug-likeness (QED) is 0.735. The number of amides is 2. The van der Waals surface area contributed by atoms with Crippen molar-refractivity contribution in [2.24, 2.45) is 5.92 Å². The third-order valence-corrected chi connectivity index (χ3v) is 3.82. The van der Waals surface area contributed by atoms with Crippen molar-refractivity contribution >= 4 is 17.8 Å². The summed E-state index contributed by atoms with van der Waals surface area (Å²) in [7, 11) is 1.29. The Bertz CT molecular complexity index is 377. The van der Waals surface area contributed by atoms with Gasteiger partial charge in [0.05, 0.1) is 7.11 Å². The Morgan fingerprint density at radius 2 is 2.00 bits per heavy atom. The first kappa shape index (κ1) is 13.8. The number of likely N-dealkylation sites (tertiary alicyclic amines) is 1. The van der Waals surface area contributed by atoms with Gasteiger partial charge in [0.15, 0.2) is 0 Å². The van der Waals surface area contributed by atoms with Gasteiger partial charge in [-0.05, 0) is 25.7 Å². The molecule has 2 atom stereocenters. The SMILES string of the molecule is COC(=O)C1CC(CC(=O)N2CCCCC2)C(=O)N1. The van der Waals surface area contributed by atoms with Gasteiger partial charge >= 0.3 is 5.97 Å². The van der Waals surface area contributed by atoms with Crippen LogP contribution < -0.4 is 5.32 Å². The standard InChI is InChI=1S/C13H20N2O4/c1-19-13(18)10-7-9(12(17)14-10)8-11(16)15-5-3-2-4-6-15/h9-10H,2-8H2,1H3,(H,14,17). The summed E-state index contributed by atoms with van der Waals surface area (Å²) in [5, 5.41) is 2.58. The van der Waals surface area contributed by atoms with E-state index in [1.165, 1.54) is 7.11 Å². The van der Waals surface area contributed by atoms with Crippen molar-refractivity contribution in [3.8, 4) is 0 Å². The largest absolute Gasteiger partial charge is 0.467 e. The van der Waals surface area contributed by atoms with E-state index in [-0.39, 0.29) is 18.2 Å². The summed E-state index contributed by atoms with van der Waals surface area (Å²) in [6.07, 6.45) is 3.78. The van der Waals surface area contributed by atoms with Crippen molar-refractivity contribution in [3.63, 3.8) is 0 Å². The molecule has 0 spiro atoms. The van der Waals surface area contributed by atoms with Gasteiger partial charge in [-0.15, -0.1) is 0 Å². The van der Waals surface area contributed by atoms with Crippen molar-refractivity contribution in [2.75, 3.05) is 20.2 Å². The topological polar surface area (TPSA) is 75.7 Å². The van der Waals surface area contributed by atoms with Crippen LogP contribution in [0.1, 0.15) is 32.1 Å². The highest BCUT2D eigenvalue weighted by molar-refractivity contribution is 5.92. The van der Waals surface area contributed by atoms with Crippen molar-refractivity contribution in [3.05, 3.63) is 0 Å². The van der Waals surface area contributed by atoms with Crippen molar-refractivity contribution in [1.29, 1.82) is 0 Å². The lowest BCUT2D eigenvalue weighted by molar-refractivity contribution is -0.143. The Hall–Kier alpha value is -1.59. The molecule has 6 nitrogen and oxygen atoms in total. The lowest BCUT2D eigenvalue weighted by Crippen LogP contribution is -2.37. The molecule has 0 aliphatic carbocycles. The molecular weight excluding hydrogens is 248 g/mol. The molecule has 106 valence electrons. The van der Waals surface area contributed by atoms with Crippen molar-refractivity contribution in [1.82, 2.24) is 10.2 Å². The zero-order chi connectivity index (χ0) is 13.8. The monoisotopic (exact) mass is 268 g/mol. The molecule has 2 unspecified atom stereocenters. The highest BCUT2D eigenvalue weighted by atomic mass is 16.5. The van der Waals surface area contributed by atoms with E-state index in [1.54, 1.807) is 0 Å². The zero-order valence-electron chi connectivity index (χ0n) is 11.2. The minimum Gasteiger partial charge on any atom is -0.467 e. The van der Waals surface area contributed by atoms with E-state index in [9.17, 15) is 14.4 Å². The number of ether oxygens (including phenoxy) is 1. The van der Waals surface area contributed by atoms with Crippen LogP contribution in [0.2, 0.25) is 0 Å². The number of rotatable bonds is 3. The number of piperidine rings is 1. The van der Waals surface area contributed by atoms with E-state index in [2.05, 4.69) is 10.1 Å². The van der Waals surface area contributed by atoms with E-state index in [0.717, 1.165) is 32.4 Å². The van der Waals surface area contributed by atoms with Crippen molar-refractivity contribution < 1.29 is 19.1 Å². The third kappa shape index (κ3) is 3.24. The van der Waals surface area contributed by atoms with Crippen LogP contribution in [-0.2, 0) is 19.1 Å². The predicted octanol–water partition coefficient (Wildman–Crippen LogP) is 0.0667. The zero-order valence-corrected chi connectivity index (χ0v) is 11.2. The summed E-state index contributed by atoms with van der Waals surface area (Å²) in [5.74, 6) is -1.05. The number of nitrogens with one attached hydrogen (secondary N) is 1. The maximum absolute atomic E-state index is 12.1. The van der Waals surface area contributed by atoms with Gasteiger partial charge in [0.25, 0.3) is 0 Å². The van der Waals surface area contributed by atoms with Crippen LogP contribution in [0.25, 0.3) is 0 Å². The highest BCUT2D eigenvalue weighted by Gasteiger charge is 2.38. The third-order valence-electron chi connectivity index (χ3n) is 3.82. The molecular formula is C13H20N2O4. The van der Waals surface area contributed by atoms with Gasteiger partial charge in [-0.25, -0.2) is 4.79 Å². The summed E-state index contributed by atoms with van der Waals surface area (Å²) in [4.78, 5) is 37.0. The van der Waals surface area contributed by atoms with Crippen LogP contribution >= 0.6 is 0 Å². The number of methoxy groups -OCH3 is 1. The fraction of sp³-hybridized carbons (Fsp3) is 0.769. The summed E-state index contributed by atoms with van der Waals surface area (Å²) in [6.45, 7) is 1.57. The molecule has 2 heterocycles. The average Bonchev–Trinajstić information content (AvgIpc) is 2.80. The van der Waals surface area contributed by atoms with Crippen molar-refractivity contribution in [2.45, 2.75) is 38.1 Å². The van der Waals surface area contributed by atoms with Crippen LogP contribution in [0, 0.1) is 5.92 Å². The van der Waals surface area contributed by atoms with Gasteiger partial charge in [0.1, 0.15) is 6.04 Å². The lowest BCUT2D eigenvalue weighted by atomic mass is 9.99. The minimum absolute atomic E-state index is 0.0189. The molecule has 0 bridgehead atoms. The normalized spacial score (nSPS) is 27.0. The smallest absolute Gasteiger partial charge is 0.328 e. The molecule has 2 aliphatic heterocycles. The Balaban J connectivity index is 1.87. The molecule has 0 saturated carbocycles. The van der Waals surface area contributed by atoms with Gasteiger partial charge in [-0.2, -0.15) is 0 Å². The fourth-order valence-electron chi connectivity index (χ4n) is 2.70. The first-order valence-corrected chi connectivity index (χ1v) is 6.78. The Labute approximate surface area is 112 Å². The average molecular weight is 268 g/mol. The first-order chi connectivity index (χ1) is 9.11. The van der Waals surface area contributed by atoms with Gasteiger partial charge in [0, 0.05) is 25.4 Å². The van der Waals surface area contributed by atoms with Crippen LogP contribution in [0.15, 0.2) is 0 Å². The second-order valence-electron chi connectivity index (χ2n) is 5.16. The maximum atomic E-state index is 12.1. The van der Waals surface area contributed by atoms with E-state index in [0.29, 0.717) is 6.42 Å². The van der Waals surface area contributed by atoms with E-state index >= 15 is 0 Å². The molecule has 2 rings (SSSR count). The molecule has 19 heavy (non-hydrogen) atoms. The summed E-state index contributed by atoms with van der Waals surface area (Å²) in [6, 6.07) is -0.600. The second kappa shape index (κ2) is 6.04. The van der Waals surface area contributed by atoms with E-state index < -0.39 is 17.9 Å². The lowest BCUT2D eigenvalue weighted by Gasteiger charge is -2.27. The number of esters is 1. The number of hydrogen-bond acceptors (Lipinski definition) is 4. The first-order valence-electron chi connectivity index (χ1n) is 6.78. The molecule has 2 saturated heterocycles. The molecule has 0 aromatic heterocycles. The van der Waals surface area contributed by atoms with Crippen LogP contribution in [0.5, 0.6) is 0 Å². The number of hydrogen-bond donors (Lipinski definition) is 1. The highest BCUT2D eigenvalue weighted by Crippen LogP contribution is 2.22. The predicted molar refractivity (Wildman–Crippen MR) is 67.1 cm³/mol. The van der Waals surface area contributed by atoms with Crippen LogP contribution in [0.3, 0.4) is 0 Å². The Kier molecular flexibility index (Phi) is 4.39. The molecule has 6 heteroatoms. The van der Waals surface area contributed by atoms with Crippen LogP contribution in [-0.4, -0.2) is 48.9 Å². The molecule has 0 radical (unpaired) electrons. The molecule has 0 aromatic rings.